The molecule has 1 aromatic heterocycles. The Kier molecular flexibility index (Phi) is 4.69. The van der Waals surface area contributed by atoms with Gasteiger partial charge in [0.05, 0.1) is 4.92 Å². The van der Waals surface area contributed by atoms with Gasteiger partial charge in [-0.2, -0.15) is 0 Å². The van der Waals surface area contributed by atoms with E-state index in [1.165, 1.54) is 37.3 Å². The molecule has 1 unspecified atom stereocenters. The number of para-hydroxylation sites is 1. The Morgan fingerprint density at radius 2 is 2.09 bits per heavy atom. The van der Waals surface area contributed by atoms with Crippen molar-refractivity contribution < 1.29 is 23.8 Å². The summed E-state index contributed by atoms with van der Waals surface area (Å²) in [5.74, 6) is -0.910. The Morgan fingerprint density at radius 3 is 2.70 bits per heavy atom. The number of carbonyl (C=O) groups excluding carboxylic acids is 2. The fourth-order valence-corrected chi connectivity index (χ4v) is 1.74. The first kappa shape index (κ1) is 16.1. The zero-order valence-electron chi connectivity index (χ0n) is 12.3. The summed E-state index contributed by atoms with van der Waals surface area (Å²) < 4.78 is 9.74. The molecule has 1 heterocycles. The number of esters is 1. The first-order valence-corrected chi connectivity index (χ1v) is 6.57. The molecule has 2 aromatic rings. The maximum atomic E-state index is 12.0. The highest BCUT2D eigenvalue weighted by Gasteiger charge is 2.25. The van der Waals surface area contributed by atoms with Crippen LogP contribution in [-0.2, 0) is 9.53 Å². The Labute approximate surface area is 130 Å². The molecule has 1 N–H and O–H groups in total. The second-order valence-corrected chi connectivity index (χ2v) is 4.63. The summed E-state index contributed by atoms with van der Waals surface area (Å²) in [6, 6.07) is 6.82. The topological polar surface area (TPSA) is 125 Å². The van der Waals surface area contributed by atoms with Gasteiger partial charge in [-0.05, 0) is 19.9 Å². The van der Waals surface area contributed by atoms with Gasteiger partial charge < -0.3 is 14.6 Å². The Morgan fingerprint density at radius 1 is 1.39 bits per heavy atom. The van der Waals surface area contributed by atoms with E-state index in [-0.39, 0.29) is 11.4 Å². The van der Waals surface area contributed by atoms with Gasteiger partial charge in [0.25, 0.3) is 11.6 Å². The molecule has 0 radical (unpaired) electrons. The van der Waals surface area contributed by atoms with Crippen molar-refractivity contribution in [1.29, 1.82) is 0 Å². The lowest BCUT2D eigenvalue weighted by molar-refractivity contribution is -0.385. The number of ether oxygens (including phenoxy) is 1. The second-order valence-electron chi connectivity index (χ2n) is 4.63. The van der Waals surface area contributed by atoms with Crippen LogP contribution in [0.5, 0.6) is 0 Å². The number of hydrogen-bond acceptors (Lipinski definition) is 7. The number of nitro groups is 1. The highest BCUT2D eigenvalue weighted by atomic mass is 16.6. The van der Waals surface area contributed by atoms with Gasteiger partial charge in [0, 0.05) is 12.1 Å². The van der Waals surface area contributed by atoms with Crippen molar-refractivity contribution in [2.24, 2.45) is 0 Å². The van der Waals surface area contributed by atoms with E-state index < -0.39 is 28.6 Å². The molecule has 0 fully saturated rings. The van der Waals surface area contributed by atoms with E-state index in [2.05, 4.69) is 10.5 Å². The van der Waals surface area contributed by atoms with Gasteiger partial charge in [-0.3, -0.25) is 14.9 Å². The Hall–Kier alpha value is -3.23. The lowest BCUT2D eigenvalue weighted by atomic mass is 10.2. The molecule has 0 aliphatic carbocycles. The zero-order chi connectivity index (χ0) is 17.0. The number of benzene rings is 1. The van der Waals surface area contributed by atoms with E-state index >= 15 is 0 Å². The van der Waals surface area contributed by atoms with Gasteiger partial charge in [0.2, 0.25) is 0 Å². The molecule has 0 bridgehead atoms. The zero-order valence-corrected chi connectivity index (χ0v) is 12.3. The number of hydrogen-bond donors (Lipinski definition) is 1. The van der Waals surface area contributed by atoms with E-state index in [1.807, 2.05) is 0 Å². The van der Waals surface area contributed by atoms with Gasteiger partial charge in [0.1, 0.15) is 11.3 Å². The van der Waals surface area contributed by atoms with Crippen molar-refractivity contribution in [3.63, 3.8) is 0 Å². The summed E-state index contributed by atoms with van der Waals surface area (Å²) in [6.45, 7) is 3.00. The highest BCUT2D eigenvalue weighted by Crippen LogP contribution is 2.19. The number of rotatable bonds is 5. The molecule has 120 valence electrons. The van der Waals surface area contributed by atoms with E-state index in [1.54, 1.807) is 6.92 Å². The molecule has 0 aliphatic rings. The third-order valence-corrected chi connectivity index (χ3v) is 2.85. The number of nitro benzene ring substituents is 1. The molecule has 0 spiro atoms. The molecule has 9 heteroatoms. The van der Waals surface area contributed by atoms with Crippen molar-refractivity contribution in [3.05, 3.63) is 51.8 Å². The van der Waals surface area contributed by atoms with Crippen molar-refractivity contribution in [3.8, 4) is 0 Å². The van der Waals surface area contributed by atoms with Crippen LogP contribution < -0.4 is 5.32 Å². The monoisotopic (exact) mass is 319 g/mol. The number of amides is 1. The fourth-order valence-electron chi connectivity index (χ4n) is 1.74. The maximum Gasteiger partial charge on any atom is 0.345 e. The minimum atomic E-state index is -1.17. The summed E-state index contributed by atoms with van der Waals surface area (Å²) in [6.07, 6.45) is -1.17. The van der Waals surface area contributed by atoms with Crippen LogP contribution in [-0.4, -0.2) is 28.1 Å². The molecule has 1 atom stereocenters. The molecule has 9 nitrogen and oxygen atoms in total. The number of carbonyl (C=O) groups is 2. The molecule has 1 amide bonds. The number of nitrogens with one attached hydrogen (secondary N) is 1. The summed E-state index contributed by atoms with van der Waals surface area (Å²) in [5.41, 5.74) is -0.619. The highest BCUT2D eigenvalue weighted by molar-refractivity contribution is 5.98. The van der Waals surface area contributed by atoms with Crippen molar-refractivity contribution in [2.45, 2.75) is 20.0 Å². The van der Waals surface area contributed by atoms with Crippen LogP contribution in [0.4, 0.5) is 11.5 Å². The van der Waals surface area contributed by atoms with Crippen LogP contribution >= 0.6 is 0 Å². The average molecular weight is 319 g/mol. The summed E-state index contributed by atoms with van der Waals surface area (Å²) in [7, 11) is 0. The normalized spacial score (nSPS) is 11.6. The number of nitrogens with zero attached hydrogens (tertiary/aromatic N) is 2. The Balaban J connectivity index is 2.05. The van der Waals surface area contributed by atoms with Crippen LogP contribution in [0.2, 0.25) is 0 Å². The van der Waals surface area contributed by atoms with Crippen LogP contribution in [0.3, 0.4) is 0 Å². The molecular weight excluding hydrogens is 306 g/mol. The summed E-state index contributed by atoms with van der Waals surface area (Å²) in [4.78, 5) is 34.1. The molecule has 2 rings (SSSR count). The average Bonchev–Trinajstić information content (AvgIpc) is 2.92. The second kappa shape index (κ2) is 6.69. The largest absolute Gasteiger partial charge is 0.449 e. The van der Waals surface area contributed by atoms with Gasteiger partial charge >= 0.3 is 5.97 Å². The van der Waals surface area contributed by atoms with Crippen molar-refractivity contribution in [1.82, 2.24) is 5.16 Å². The third kappa shape index (κ3) is 3.90. The lowest BCUT2D eigenvalue weighted by Gasteiger charge is -2.12. The van der Waals surface area contributed by atoms with Crippen molar-refractivity contribution >= 4 is 23.4 Å². The van der Waals surface area contributed by atoms with Crippen LogP contribution in [0.25, 0.3) is 0 Å². The van der Waals surface area contributed by atoms with Crippen molar-refractivity contribution in [2.75, 3.05) is 5.32 Å². The predicted molar refractivity (Wildman–Crippen MR) is 77.8 cm³/mol. The van der Waals surface area contributed by atoms with Crippen LogP contribution in [0, 0.1) is 17.0 Å². The molecule has 0 aliphatic heterocycles. The van der Waals surface area contributed by atoms with Gasteiger partial charge in [-0.1, -0.05) is 17.3 Å². The maximum absolute atomic E-state index is 12.0. The number of aromatic nitrogens is 1. The van der Waals surface area contributed by atoms with E-state index in [0.29, 0.717) is 5.76 Å². The first-order chi connectivity index (χ1) is 10.9. The first-order valence-electron chi connectivity index (χ1n) is 6.57. The summed E-state index contributed by atoms with van der Waals surface area (Å²) >= 11 is 0. The summed E-state index contributed by atoms with van der Waals surface area (Å²) in [5, 5.41) is 16.9. The van der Waals surface area contributed by atoms with Gasteiger partial charge in [-0.25, -0.2) is 4.79 Å². The van der Waals surface area contributed by atoms with E-state index in [0.717, 1.165) is 0 Å². The molecular formula is C14H13N3O6. The minimum absolute atomic E-state index is 0.182. The standard InChI is InChI=1S/C14H13N3O6/c1-8-7-12(16-23-8)15-13(18)9(2)22-14(19)10-5-3-4-6-11(10)17(20)21/h3-7,9H,1-2H3,(H,15,16,18). The molecule has 1 aromatic carbocycles. The molecule has 0 saturated heterocycles. The van der Waals surface area contributed by atoms with Gasteiger partial charge in [-0.15, -0.1) is 0 Å². The molecule has 23 heavy (non-hydrogen) atoms. The minimum Gasteiger partial charge on any atom is -0.449 e. The van der Waals surface area contributed by atoms with Gasteiger partial charge in [0.15, 0.2) is 11.9 Å². The number of aryl methyl sites for hydroxylation is 1. The Bertz CT molecular complexity index is 754. The quantitative estimate of drug-likeness (QED) is 0.508. The third-order valence-electron chi connectivity index (χ3n) is 2.85. The lowest BCUT2D eigenvalue weighted by Crippen LogP contribution is -2.30. The molecule has 0 saturated carbocycles. The van der Waals surface area contributed by atoms with Crippen LogP contribution in [0.15, 0.2) is 34.9 Å². The number of anilines is 1. The van der Waals surface area contributed by atoms with E-state index in [9.17, 15) is 19.7 Å². The SMILES string of the molecule is Cc1cc(NC(=O)C(C)OC(=O)c2ccccc2[N+](=O)[O-])no1. The predicted octanol–water partition coefficient (Wildman–Crippen LogP) is 2.08. The van der Waals surface area contributed by atoms with Crippen LogP contribution in [0.1, 0.15) is 23.0 Å². The van der Waals surface area contributed by atoms with E-state index in [4.69, 9.17) is 9.26 Å². The smallest absolute Gasteiger partial charge is 0.345 e. The fraction of sp³-hybridized carbons (Fsp3) is 0.214.